The van der Waals surface area contributed by atoms with Crippen molar-refractivity contribution in [1.82, 2.24) is 20.9 Å². The number of fused-ring (bicyclic) bond motifs is 1. The molecule has 3 amide bonds. The van der Waals surface area contributed by atoms with Gasteiger partial charge < -0.3 is 25.6 Å². The molecule has 0 fully saturated rings. The molecule has 1 heterocycles. The van der Waals surface area contributed by atoms with Crippen molar-refractivity contribution in [2.45, 2.75) is 77.6 Å². The molecule has 3 N–H and O–H groups in total. The van der Waals surface area contributed by atoms with Gasteiger partial charge in [0, 0.05) is 26.6 Å². The van der Waals surface area contributed by atoms with E-state index in [1.54, 1.807) is 26.1 Å². The number of nitrogens with zero attached hydrogens (tertiary/aromatic N) is 1. The number of para-hydroxylation sites is 1. The van der Waals surface area contributed by atoms with E-state index in [4.69, 9.17) is 4.74 Å². The molecule has 0 aromatic heterocycles. The van der Waals surface area contributed by atoms with E-state index in [2.05, 4.69) is 16.0 Å². The van der Waals surface area contributed by atoms with Crippen molar-refractivity contribution < 1.29 is 23.5 Å². The second kappa shape index (κ2) is 14.8. The Morgan fingerprint density at radius 2 is 1.75 bits per heavy atom. The molecule has 40 heavy (non-hydrogen) atoms. The smallest absolute Gasteiger partial charge is 0.243 e. The van der Waals surface area contributed by atoms with Crippen LogP contribution in [0.15, 0.2) is 48.5 Å². The number of benzene rings is 2. The zero-order chi connectivity index (χ0) is 29.2. The quantitative estimate of drug-likeness (QED) is 0.539. The van der Waals surface area contributed by atoms with Gasteiger partial charge in [-0.3, -0.25) is 14.4 Å². The van der Waals surface area contributed by atoms with Crippen molar-refractivity contribution in [3.05, 3.63) is 65.5 Å². The Hall–Kier alpha value is -3.46. The predicted molar refractivity (Wildman–Crippen MR) is 153 cm³/mol. The summed E-state index contributed by atoms with van der Waals surface area (Å²) in [7, 11) is 1.60. The van der Waals surface area contributed by atoms with Gasteiger partial charge in [0.15, 0.2) is 0 Å². The third kappa shape index (κ3) is 8.52. The molecular formula is C31H43FN4O4. The first-order valence-electron chi connectivity index (χ1n) is 14.2. The van der Waals surface area contributed by atoms with Gasteiger partial charge in [-0.1, -0.05) is 50.6 Å². The molecule has 3 rings (SSSR count). The molecule has 9 heteroatoms. The number of halogens is 1. The maximum absolute atomic E-state index is 13.6. The highest BCUT2D eigenvalue weighted by Crippen LogP contribution is 2.21. The number of rotatable bonds is 4. The molecule has 5 atom stereocenters. The highest BCUT2D eigenvalue weighted by molar-refractivity contribution is 5.93. The van der Waals surface area contributed by atoms with Gasteiger partial charge in [-0.25, -0.2) is 4.39 Å². The van der Waals surface area contributed by atoms with Crippen LogP contribution in [-0.2, 0) is 27.2 Å². The number of aryl methyl sites for hydroxylation is 1. The van der Waals surface area contributed by atoms with E-state index in [-0.39, 0.29) is 36.1 Å². The van der Waals surface area contributed by atoms with Crippen LogP contribution in [0, 0.1) is 11.7 Å². The number of ether oxygens (including phenoxy) is 1. The topological polar surface area (TPSA) is 99.8 Å². The predicted octanol–water partition coefficient (Wildman–Crippen LogP) is 3.23. The lowest BCUT2D eigenvalue weighted by Gasteiger charge is -2.33. The van der Waals surface area contributed by atoms with Crippen LogP contribution in [0.1, 0.15) is 51.7 Å². The molecule has 1 aliphatic heterocycles. The summed E-state index contributed by atoms with van der Waals surface area (Å²) in [4.78, 5) is 41.6. The van der Waals surface area contributed by atoms with Crippen molar-refractivity contribution in [1.29, 1.82) is 0 Å². The molecule has 0 saturated heterocycles. The molecule has 0 spiro atoms. The Kier molecular flexibility index (Phi) is 11.5. The summed E-state index contributed by atoms with van der Waals surface area (Å²) in [6.45, 7) is 8.50. The lowest BCUT2D eigenvalue weighted by molar-refractivity contribution is -0.141. The van der Waals surface area contributed by atoms with E-state index >= 15 is 0 Å². The SMILES string of the molecule is CCC(C)[C@@H]1NC[C@@H](C)Oc2ccccc2CCCNC(=O)[C@@H](Cc2ccc(F)cc2)NC(=O)[C@@H](C)N(C)C1=O. The number of carbonyl (C=O) groups excluding carboxylic acids is 3. The monoisotopic (exact) mass is 554 g/mol. The molecule has 0 saturated carbocycles. The molecule has 2 aromatic rings. The molecule has 1 unspecified atom stereocenters. The number of amides is 3. The lowest BCUT2D eigenvalue weighted by Crippen LogP contribution is -2.57. The third-order valence-electron chi connectivity index (χ3n) is 7.62. The van der Waals surface area contributed by atoms with Crippen molar-refractivity contribution in [2.24, 2.45) is 5.92 Å². The molecule has 2 aromatic carbocycles. The van der Waals surface area contributed by atoms with E-state index in [1.807, 2.05) is 45.0 Å². The average Bonchev–Trinajstić information content (AvgIpc) is 2.95. The molecule has 218 valence electrons. The number of hydrogen-bond acceptors (Lipinski definition) is 5. The zero-order valence-electron chi connectivity index (χ0n) is 24.2. The normalized spacial score (nSPS) is 24.6. The van der Waals surface area contributed by atoms with Gasteiger partial charge in [-0.05, 0) is 61.9 Å². The summed E-state index contributed by atoms with van der Waals surface area (Å²) in [6, 6.07) is 11.5. The minimum absolute atomic E-state index is 0.0206. The second-order valence-corrected chi connectivity index (χ2v) is 10.7. The number of hydrogen-bond donors (Lipinski definition) is 3. The van der Waals surface area contributed by atoms with Crippen molar-refractivity contribution in [2.75, 3.05) is 20.1 Å². The van der Waals surface area contributed by atoms with Gasteiger partial charge in [-0.2, -0.15) is 0 Å². The van der Waals surface area contributed by atoms with Crippen LogP contribution in [0.3, 0.4) is 0 Å². The van der Waals surface area contributed by atoms with Crippen LogP contribution < -0.4 is 20.7 Å². The standard InChI is InChI=1S/C31H43FN4O4/c1-6-20(2)28-31(39)36(5)22(4)29(37)35-26(18-23-13-15-25(32)16-14-23)30(38)33-17-9-11-24-10-7-8-12-27(24)40-21(3)19-34-28/h7-8,10,12-16,20-22,26,28,34H,6,9,11,17-19H2,1-5H3,(H,33,38)(H,35,37)/t20?,21-,22-,26-,28+/m1/s1. The fourth-order valence-electron chi connectivity index (χ4n) is 4.70. The molecule has 8 nitrogen and oxygen atoms in total. The van der Waals surface area contributed by atoms with Crippen LogP contribution in [0.25, 0.3) is 0 Å². The van der Waals surface area contributed by atoms with Gasteiger partial charge in [0.1, 0.15) is 29.8 Å². The zero-order valence-corrected chi connectivity index (χ0v) is 24.2. The Morgan fingerprint density at radius 3 is 2.45 bits per heavy atom. The first-order chi connectivity index (χ1) is 19.1. The average molecular weight is 555 g/mol. The second-order valence-electron chi connectivity index (χ2n) is 10.7. The Balaban J connectivity index is 1.88. The number of nitrogens with one attached hydrogen (secondary N) is 3. The van der Waals surface area contributed by atoms with Crippen LogP contribution in [0.5, 0.6) is 5.75 Å². The van der Waals surface area contributed by atoms with E-state index in [1.165, 1.54) is 17.0 Å². The molecule has 1 aliphatic rings. The first-order valence-corrected chi connectivity index (χ1v) is 14.2. The molecule has 0 aliphatic carbocycles. The molecular weight excluding hydrogens is 511 g/mol. The van der Waals surface area contributed by atoms with Gasteiger partial charge >= 0.3 is 0 Å². The Bertz CT molecular complexity index is 1140. The highest BCUT2D eigenvalue weighted by atomic mass is 19.1. The summed E-state index contributed by atoms with van der Waals surface area (Å²) in [6.07, 6.45) is 2.14. The molecule has 0 radical (unpaired) electrons. The fourth-order valence-corrected chi connectivity index (χ4v) is 4.70. The fraction of sp³-hybridized carbons (Fsp3) is 0.516. The Morgan fingerprint density at radius 1 is 1.05 bits per heavy atom. The summed E-state index contributed by atoms with van der Waals surface area (Å²) in [5.74, 6) is -0.552. The first kappa shape index (κ1) is 31.1. The van der Waals surface area contributed by atoms with Crippen LogP contribution in [0.4, 0.5) is 4.39 Å². The minimum atomic E-state index is -0.886. The van der Waals surface area contributed by atoms with Crippen LogP contribution in [0.2, 0.25) is 0 Å². The minimum Gasteiger partial charge on any atom is -0.489 e. The third-order valence-corrected chi connectivity index (χ3v) is 7.62. The largest absolute Gasteiger partial charge is 0.489 e. The number of carbonyl (C=O) groups is 3. The van der Waals surface area contributed by atoms with Crippen molar-refractivity contribution >= 4 is 17.7 Å². The van der Waals surface area contributed by atoms with Gasteiger partial charge in [-0.15, -0.1) is 0 Å². The van der Waals surface area contributed by atoms with Gasteiger partial charge in [0.05, 0.1) is 6.04 Å². The van der Waals surface area contributed by atoms with Crippen LogP contribution >= 0.6 is 0 Å². The van der Waals surface area contributed by atoms with Gasteiger partial charge in [0.2, 0.25) is 17.7 Å². The Labute approximate surface area is 237 Å². The summed E-state index contributed by atoms with van der Waals surface area (Å²) in [5, 5.41) is 9.15. The molecule has 0 bridgehead atoms. The summed E-state index contributed by atoms with van der Waals surface area (Å²) >= 11 is 0. The maximum Gasteiger partial charge on any atom is 0.243 e. The highest BCUT2D eigenvalue weighted by Gasteiger charge is 2.33. The number of likely N-dealkylation sites (N-methyl/N-ethyl adjacent to an activating group) is 1. The maximum atomic E-state index is 13.6. The van der Waals surface area contributed by atoms with Crippen LogP contribution in [-0.4, -0.2) is 67.0 Å². The lowest BCUT2D eigenvalue weighted by atomic mass is 9.97. The summed E-state index contributed by atoms with van der Waals surface area (Å²) in [5.41, 5.74) is 1.74. The van der Waals surface area contributed by atoms with E-state index in [0.717, 1.165) is 17.7 Å². The van der Waals surface area contributed by atoms with Crippen molar-refractivity contribution in [3.63, 3.8) is 0 Å². The van der Waals surface area contributed by atoms with Crippen molar-refractivity contribution in [3.8, 4) is 5.75 Å². The van der Waals surface area contributed by atoms with E-state index in [0.29, 0.717) is 31.5 Å². The van der Waals surface area contributed by atoms with E-state index < -0.39 is 24.0 Å². The summed E-state index contributed by atoms with van der Waals surface area (Å²) < 4.78 is 19.7. The van der Waals surface area contributed by atoms with E-state index in [9.17, 15) is 18.8 Å². The van der Waals surface area contributed by atoms with Gasteiger partial charge in [0.25, 0.3) is 0 Å².